The first-order valence-electron chi connectivity index (χ1n) is 9.74. The molecule has 0 aliphatic carbocycles. The number of nitrogens with zero attached hydrogens (tertiary/aromatic N) is 3. The van der Waals surface area contributed by atoms with E-state index in [9.17, 15) is 20.2 Å². The lowest BCUT2D eigenvalue weighted by atomic mass is 10.1. The van der Waals surface area contributed by atoms with Gasteiger partial charge in [0.05, 0.1) is 17.1 Å². The van der Waals surface area contributed by atoms with Crippen LogP contribution < -0.4 is 5.32 Å². The lowest BCUT2D eigenvalue weighted by Crippen LogP contribution is -2.12. The Morgan fingerprint density at radius 1 is 1.23 bits per heavy atom. The zero-order valence-corrected chi connectivity index (χ0v) is 17.5. The van der Waals surface area contributed by atoms with Gasteiger partial charge in [-0.1, -0.05) is 18.2 Å². The minimum Gasteiger partial charge on any atom is -0.462 e. The number of anilines is 1. The maximum Gasteiger partial charge on any atom is 0.340 e. The second-order valence-electron chi connectivity index (χ2n) is 6.94. The molecule has 0 bridgehead atoms. The summed E-state index contributed by atoms with van der Waals surface area (Å²) in [4.78, 5) is 23.1. The highest BCUT2D eigenvalue weighted by atomic mass is 16.6. The van der Waals surface area contributed by atoms with Gasteiger partial charge in [-0.3, -0.25) is 10.1 Å². The molecular weight excluding hydrogens is 396 g/mol. The first-order chi connectivity index (χ1) is 14.9. The first-order valence-corrected chi connectivity index (χ1v) is 9.74. The van der Waals surface area contributed by atoms with Crippen molar-refractivity contribution < 1.29 is 14.5 Å². The summed E-state index contributed by atoms with van der Waals surface area (Å²) in [6, 6.07) is 15.9. The third kappa shape index (κ3) is 4.41. The molecule has 0 fully saturated rings. The summed E-state index contributed by atoms with van der Waals surface area (Å²) >= 11 is 0. The molecule has 0 saturated carbocycles. The molecule has 0 atom stereocenters. The number of hydrogen-bond donors (Lipinski definition) is 1. The molecule has 31 heavy (non-hydrogen) atoms. The molecule has 3 aromatic rings. The molecular formula is C23H22N4O4. The number of nitriles is 1. The van der Waals surface area contributed by atoms with Crippen molar-refractivity contribution >= 4 is 17.3 Å². The van der Waals surface area contributed by atoms with E-state index >= 15 is 0 Å². The van der Waals surface area contributed by atoms with Crippen LogP contribution in [0.4, 0.5) is 11.4 Å². The quantitative estimate of drug-likeness (QED) is 0.339. The van der Waals surface area contributed by atoms with Crippen molar-refractivity contribution in [1.82, 2.24) is 4.57 Å². The molecule has 158 valence electrons. The van der Waals surface area contributed by atoms with Crippen molar-refractivity contribution in [2.75, 3.05) is 11.9 Å². The molecule has 0 amide bonds. The van der Waals surface area contributed by atoms with Gasteiger partial charge in [0.2, 0.25) is 0 Å². The number of aryl methyl sites for hydroxylation is 1. The number of para-hydroxylation sites is 1. The fourth-order valence-electron chi connectivity index (χ4n) is 3.36. The largest absolute Gasteiger partial charge is 0.462 e. The Morgan fingerprint density at radius 2 is 1.94 bits per heavy atom. The van der Waals surface area contributed by atoms with Crippen LogP contribution in [0.15, 0.2) is 48.5 Å². The van der Waals surface area contributed by atoms with Crippen molar-refractivity contribution in [3.05, 3.63) is 86.7 Å². The normalized spacial score (nSPS) is 10.4. The van der Waals surface area contributed by atoms with Crippen LogP contribution in [0.1, 0.15) is 39.8 Å². The third-order valence-corrected chi connectivity index (χ3v) is 5.01. The Kier molecular flexibility index (Phi) is 6.36. The van der Waals surface area contributed by atoms with Crippen LogP contribution in [0.2, 0.25) is 0 Å². The predicted molar refractivity (Wildman–Crippen MR) is 116 cm³/mol. The van der Waals surface area contributed by atoms with Gasteiger partial charge in [0, 0.05) is 24.0 Å². The topological polar surface area (TPSA) is 110 Å². The number of hydrogen-bond acceptors (Lipinski definition) is 6. The van der Waals surface area contributed by atoms with Crippen LogP contribution in [-0.2, 0) is 11.3 Å². The summed E-state index contributed by atoms with van der Waals surface area (Å²) < 4.78 is 6.91. The molecule has 1 heterocycles. The smallest absolute Gasteiger partial charge is 0.340 e. The number of carbonyl (C=O) groups excluding carboxylic acids is 1. The van der Waals surface area contributed by atoms with Crippen molar-refractivity contribution in [2.24, 2.45) is 0 Å². The Labute approximate surface area is 179 Å². The predicted octanol–water partition coefficient (Wildman–Crippen LogP) is 4.66. The minimum atomic E-state index is -0.619. The Morgan fingerprint density at radius 3 is 2.55 bits per heavy atom. The Hall–Kier alpha value is -4.12. The van der Waals surface area contributed by atoms with Crippen LogP contribution in [0.25, 0.3) is 5.69 Å². The number of rotatable bonds is 7. The number of nitro groups is 1. The van der Waals surface area contributed by atoms with E-state index in [-0.39, 0.29) is 30.1 Å². The molecule has 0 spiro atoms. The number of nitro benzene ring substituents is 1. The van der Waals surface area contributed by atoms with E-state index in [1.807, 2.05) is 48.7 Å². The summed E-state index contributed by atoms with van der Waals surface area (Å²) in [5.74, 6) is -0.619. The van der Waals surface area contributed by atoms with Crippen LogP contribution in [-0.4, -0.2) is 22.1 Å². The molecule has 3 rings (SSSR count). The Balaban J connectivity index is 1.87. The van der Waals surface area contributed by atoms with Crippen molar-refractivity contribution in [3.8, 4) is 11.8 Å². The van der Waals surface area contributed by atoms with Gasteiger partial charge >= 0.3 is 5.97 Å². The zero-order chi connectivity index (χ0) is 22.5. The van der Waals surface area contributed by atoms with Gasteiger partial charge in [0.25, 0.3) is 5.69 Å². The number of nitrogens with one attached hydrogen (secondary N) is 1. The van der Waals surface area contributed by atoms with Gasteiger partial charge in [-0.05, 0) is 56.2 Å². The molecule has 2 aromatic carbocycles. The van der Waals surface area contributed by atoms with Crippen LogP contribution >= 0.6 is 0 Å². The fourth-order valence-corrected chi connectivity index (χ4v) is 3.36. The molecule has 0 unspecified atom stereocenters. The summed E-state index contributed by atoms with van der Waals surface area (Å²) in [5.41, 5.74) is 4.33. The number of ether oxygens (including phenoxy) is 1. The van der Waals surface area contributed by atoms with Gasteiger partial charge in [-0.2, -0.15) is 5.26 Å². The average Bonchev–Trinajstić information content (AvgIpc) is 3.06. The SMILES string of the molecule is CCOC(=O)c1cccc([N+](=O)[O-])c1NCc1ccc(-n2c(C#N)cc(C)c2C)cc1. The first kappa shape index (κ1) is 21.6. The molecule has 0 saturated heterocycles. The summed E-state index contributed by atoms with van der Waals surface area (Å²) in [6.07, 6.45) is 0. The lowest BCUT2D eigenvalue weighted by molar-refractivity contribution is -0.384. The summed E-state index contributed by atoms with van der Waals surface area (Å²) in [7, 11) is 0. The van der Waals surface area contributed by atoms with E-state index in [0.29, 0.717) is 5.69 Å². The average molecular weight is 418 g/mol. The van der Waals surface area contributed by atoms with E-state index in [2.05, 4.69) is 11.4 Å². The van der Waals surface area contributed by atoms with Gasteiger partial charge in [0.1, 0.15) is 17.5 Å². The highest BCUT2D eigenvalue weighted by Gasteiger charge is 2.22. The molecule has 1 N–H and O–H groups in total. The molecule has 0 radical (unpaired) electrons. The molecule has 0 aliphatic heterocycles. The zero-order valence-electron chi connectivity index (χ0n) is 17.5. The van der Waals surface area contributed by atoms with Gasteiger partial charge in [-0.25, -0.2) is 4.79 Å². The maximum absolute atomic E-state index is 12.2. The van der Waals surface area contributed by atoms with Gasteiger partial charge in [0.15, 0.2) is 0 Å². The van der Waals surface area contributed by atoms with Crippen molar-refractivity contribution in [1.29, 1.82) is 5.26 Å². The van der Waals surface area contributed by atoms with Crippen LogP contribution in [0.5, 0.6) is 0 Å². The fraction of sp³-hybridized carbons (Fsp3) is 0.217. The van der Waals surface area contributed by atoms with Crippen molar-refractivity contribution in [2.45, 2.75) is 27.3 Å². The molecule has 8 nitrogen and oxygen atoms in total. The minimum absolute atomic E-state index is 0.116. The standard InChI is InChI=1S/C23H22N4O4/c1-4-31-23(28)20-6-5-7-21(27(29)30)22(20)25-14-17-8-10-18(11-9-17)26-16(3)15(2)12-19(26)13-24/h5-12,25H,4,14H2,1-3H3. The number of benzene rings is 2. The van der Waals surface area contributed by atoms with Gasteiger partial charge in [-0.15, -0.1) is 0 Å². The lowest BCUT2D eigenvalue weighted by Gasteiger charge is -2.13. The number of carbonyl (C=O) groups is 1. The van der Waals surface area contributed by atoms with E-state index in [0.717, 1.165) is 22.5 Å². The molecule has 8 heteroatoms. The molecule has 0 aliphatic rings. The monoisotopic (exact) mass is 418 g/mol. The number of aromatic nitrogens is 1. The van der Waals surface area contributed by atoms with E-state index in [1.165, 1.54) is 18.2 Å². The van der Waals surface area contributed by atoms with E-state index in [4.69, 9.17) is 4.74 Å². The van der Waals surface area contributed by atoms with Crippen LogP contribution in [0.3, 0.4) is 0 Å². The van der Waals surface area contributed by atoms with E-state index < -0.39 is 10.9 Å². The second kappa shape index (κ2) is 9.13. The van der Waals surface area contributed by atoms with Crippen LogP contribution in [0, 0.1) is 35.3 Å². The van der Waals surface area contributed by atoms with Gasteiger partial charge < -0.3 is 14.6 Å². The maximum atomic E-state index is 12.2. The summed E-state index contributed by atoms with van der Waals surface area (Å²) in [5, 5.41) is 23.8. The second-order valence-corrected chi connectivity index (χ2v) is 6.94. The third-order valence-electron chi connectivity index (χ3n) is 5.01. The highest BCUT2D eigenvalue weighted by molar-refractivity contribution is 5.98. The highest BCUT2D eigenvalue weighted by Crippen LogP contribution is 2.29. The number of esters is 1. The van der Waals surface area contributed by atoms with E-state index in [1.54, 1.807) is 6.92 Å². The molecule has 1 aromatic heterocycles. The van der Waals surface area contributed by atoms with Crippen molar-refractivity contribution in [3.63, 3.8) is 0 Å². The summed E-state index contributed by atoms with van der Waals surface area (Å²) in [6.45, 7) is 6.03. The Bertz CT molecular complexity index is 1170.